The molecule has 138 valence electrons. The highest BCUT2D eigenvalue weighted by Crippen LogP contribution is 2.22. The molecule has 0 spiro atoms. The van der Waals surface area contributed by atoms with Crippen LogP contribution in [0.3, 0.4) is 0 Å². The molecule has 0 aliphatic rings. The number of aliphatic carboxylic acids is 1. The van der Waals surface area contributed by atoms with Crippen LogP contribution in [0.15, 0.2) is 24.4 Å². The van der Waals surface area contributed by atoms with Gasteiger partial charge in [-0.25, -0.2) is 4.39 Å². The maximum absolute atomic E-state index is 13.6. The molecule has 0 saturated heterocycles. The van der Waals surface area contributed by atoms with Crippen molar-refractivity contribution in [2.24, 2.45) is 0 Å². The average Bonchev–Trinajstić information content (AvgIpc) is 2.90. The van der Waals surface area contributed by atoms with E-state index in [1.54, 1.807) is 0 Å². The molecule has 0 radical (unpaired) electrons. The molecule has 1 heterocycles. The summed E-state index contributed by atoms with van der Waals surface area (Å²) in [4.78, 5) is 37.0. The fourth-order valence-corrected chi connectivity index (χ4v) is 2.41. The zero-order chi connectivity index (χ0) is 19.4. The van der Waals surface area contributed by atoms with Crippen molar-refractivity contribution in [1.82, 2.24) is 14.9 Å². The van der Waals surface area contributed by atoms with E-state index < -0.39 is 40.9 Å². The molecule has 1 atom stereocenters. The molecule has 2 aromatic rings. The Balaban J connectivity index is 2.17. The van der Waals surface area contributed by atoms with E-state index >= 15 is 0 Å². The van der Waals surface area contributed by atoms with Crippen LogP contribution in [0.1, 0.15) is 23.9 Å². The lowest BCUT2D eigenvalue weighted by molar-refractivity contribution is -0.389. The highest BCUT2D eigenvalue weighted by Gasteiger charge is 2.21. The highest BCUT2D eigenvalue weighted by molar-refractivity contribution is 6.30. The van der Waals surface area contributed by atoms with Gasteiger partial charge in [0.2, 0.25) is 11.7 Å². The van der Waals surface area contributed by atoms with Crippen molar-refractivity contribution < 1.29 is 24.0 Å². The van der Waals surface area contributed by atoms with Crippen LogP contribution in [-0.4, -0.2) is 31.5 Å². The quantitative estimate of drug-likeness (QED) is 0.556. The second-order valence-corrected chi connectivity index (χ2v) is 5.83. The Labute approximate surface area is 151 Å². The lowest BCUT2D eigenvalue weighted by atomic mass is 10.0. The second kappa shape index (κ2) is 7.91. The third kappa shape index (κ3) is 4.76. The SMILES string of the molecule is Cc1nc([N+](=O)[O-])cn1CC(=O)NC(CC(=O)O)c1ccc(Cl)c(F)c1. The molecule has 0 fully saturated rings. The lowest BCUT2D eigenvalue weighted by Gasteiger charge is -2.18. The van der Waals surface area contributed by atoms with Crippen LogP contribution < -0.4 is 5.32 Å². The van der Waals surface area contributed by atoms with Crippen molar-refractivity contribution in [3.8, 4) is 0 Å². The molecule has 2 rings (SSSR count). The highest BCUT2D eigenvalue weighted by atomic mass is 35.5. The molecule has 0 aliphatic carbocycles. The molecule has 1 amide bonds. The van der Waals surface area contributed by atoms with Gasteiger partial charge in [-0.15, -0.1) is 0 Å². The van der Waals surface area contributed by atoms with Crippen molar-refractivity contribution >= 4 is 29.3 Å². The van der Waals surface area contributed by atoms with Gasteiger partial charge in [-0.05, 0) is 27.6 Å². The van der Waals surface area contributed by atoms with Crippen LogP contribution in [0.2, 0.25) is 5.02 Å². The van der Waals surface area contributed by atoms with E-state index in [0.717, 1.165) is 12.3 Å². The number of carbonyl (C=O) groups excluding carboxylic acids is 1. The Bertz CT molecular complexity index is 870. The predicted molar refractivity (Wildman–Crippen MR) is 88.2 cm³/mol. The van der Waals surface area contributed by atoms with E-state index in [0.29, 0.717) is 0 Å². The predicted octanol–water partition coefficient (Wildman–Crippen LogP) is 2.22. The fraction of sp³-hybridized carbons (Fsp3) is 0.267. The third-order valence-electron chi connectivity index (χ3n) is 3.52. The molecule has 2 N–H and O–H groups in total. The van der Waals surface area contributed by atoms with E-state index in [-0.39, 0.29) is 23.0 Å². The molecular weight excluding hydrogens is 371 g/mol. The largest absolute Gasteiger partial charge is 0.481 e. The number of halogens is 2. The van der Waals surface area contributed by atoms with Gasteiger partial charge >= 0.3 is 11.8 Å². The van der Waals surface area contributed by atoms with Crippen molar-refractivity contribution in [1.29, 1.82) is 0 Å². The molecule has 0 aliphatic heterocycles. The minimum atomic E-state index is -1.19. The zero-order valence-corrected chi connectivity index (χ0v) is 14.2. The molecule has 0 saturated carbocycles. The number of hydrogen-bond acceptors (Lipinski definition) is 5. The first-order chi connectivity index (χ1) is 12.2. The summed E-state index contributed by atoms with van der Waals surface area (Å²) in [7, 11) is 0. The normalized spacial score (nSPS) is 11.8. The number of aromatic nitrogens is 2. The molecule has 11 heteroatoms. The van der Waals surface area contributed by atoms with Crippen molar-refractivity contribution in [3.05, 3.63) is 56.7 Å². The summed E-state index contributed by atoms with van der Waals surface area (Å²) in [5.41, 5.74) is 0.232. The Morgan fingerprint density at radius 2 is 2.19 bits per heavy atom. The van der Waals surface area contributed by atoms with Gasteiger partial charge in [0.1, 0.15) is 18.6 Å². The molecule has 1 unspecified atom stereocenters. The van der Waals surface area contributed by atoms with Crippen LogP contribution in [0.5, 0.6) is 0 Å². The van der Waals surface area contributed by atoms with Gasteiger partial charge in [0.15, 0.2) is 0 Å². The van der Waals surface area contributed by atoms with E-state index in [4.69, 9.17) is 16.7 Å². The number of amides is 1. The number of rotatable bonds is 7. The molecular formula is C15H14ClFN4O5. The molecule has 26 heavy (non-hydrogen) atoms. The summed E-state index contributed by atoms with van der Waals surface area (Å²) in [5, 5.41) is 22.1. The Morgan fingerprint density at radius 3 is 2.73 bits per heavy atom. The summed E-state index contributed by atoms with van der Waals surface area (Å²) in [6.07, 6.45) is 0.624. The second-order valence-electron chi connectivity index (χ2n) is 5.42. The maximum atomic E-state index is 13.6. The number of benzene rings is 1. The Kier molecular flexibility index (Phi) is 5.88. The first-order valence-corrected chi connectivity index (χ1v) is 7.69. The van der Waals surface area contributed by atoms with Crippen LogP contribution in [0, 0.1) is 22.9 Å². The fourth-order valence-electron chi connectivity index (χ4n) is 2.29. The minimum absolute atomic E-state index is 0.129. The minimum Gasteiger partial charge on any atom is -0.481 e. The summed E-state index contributed by atoms with van der Waals surface area (Å²) < 4.78 is 14.9. The number of nitrogens with zero attached hydrogens (tertiary/aromatic N) is 3. The summed E-state index contributed by atoms with van der Waals surface area (Å²) in [5.74, 6) is -2.70. The van der Waals surface area contributed by atoms with Gasteiger partial charge in [-0.1, -0.05) is 17.7 Å². The van der Waals surface area contributed by atoms with E-state index in [9.17, 15) is 24.1 Å². The number of imidazole rings is 1. The lowest BCUT2D eigenvalue weighted by Crippen LogP contribution is -2.33. The van der Waals surface area contributed by atoms with Gasteiger partial charge < -0.3 is 20.5 Å². The standard InChI is InChI=1S/C15H14ClFN4O5/c1-8-18-13(21(25)26)6-20(8)7-14(22)19-12(5-15(23)24)9-2-3-10(16)11(17)4-9/h2-4,6,12H,5,7H2,1H3,(H,19,22)(H,23,24). The average molecular weight is 385 g/mol. The zero-order valence-electron chi connectivity index (χ0n) is 13.5. The van der Waals surface area contributed by atoms with Crippen LogP contribution in [-0.2, 0) is 16.1 Å². The van der Waals surface area contributed by atoms with E-state index in [1.807, 2.05) is 0 Å². The van der Waals surface area contributed by atoms with E-state index in [1.165, 1.54) is 23.6 Å². The van der Waals surface area contributed by atoms with E-state index in [2.05, 4.69) is 10.3 Å². The smallest absolute Gasteiger partial charge is 0.381 e. The number of carbonyl (C=O) groups is 2. The van der Waals surface area contributed by atoms with Gasteiger partial charge in [-0.3, -0.25) is 14.2 Å². The van der Waals surface area contributed by atoms with Gasteiger partial charge in [0.05, 0.1) is 17.5 Å². The third-order valence-corrected chi connectivity index (χ3v) is 3.83. The molecule has 9 nitrogen and oxygen atoms in total. The summed E-state index contributed by atoms with van der Waals surface area (Å²) in [6, 6.07) is 2.72. The number of nitrogens with one attached hydrogen (secondary N) is 1. The van der Waals surface area contributed by atoms with Gasteiger partial charge in [0.25, 0.3) is 0 Å². The van der Waals surface area contributed by atoms with Gasteiger partial charge in [-0.2, -0.15) is 0 Å². The number of hydrogen-bond donors (Lipinski definition) is 2. The van der Waals surface area contributed by atoms with Crippen molar-refractivity contribution in [2.75, 3.05) is 0 Å². The van der Waals surface area contributed by atoms with Crippen LogP contribution >= 0.6 is 11.6 Å². The summed E-state index contributed by atoms with van der Waals surface area (Å²) in [6.45, 7) is 1.18. The number of nitro groups is 1. The van der Waals surface area contributed by atoms with Crippen LogP contribution in [0.4, 0.5) is 10.2 Å². The Hall–Kier alpha value is -3.01. The van der Waals surface area contributed by atoms with Crippen molar-refractivity contribution in [3.63, 3.8) is 0 Å². The maximum Gasteiger partial charge on any atom is 0.381 e. The Morgan fingerprint density at radius 1 is 1.50 bits per heavy atom. The number of carboxylic acids is 1. The number of aryl methyl sites for hydroxylation is 1. The topological polar surface area (TPSA) is 127 Å². The number of carboxylic acid groups (broad SMARTS) is 1. The monoisotopic (exact) mass is 384 g/mol. The van der Waals surface area contributed by atoms with Gasteiger partial charge in [0, 0.05) is 6.92 Å². The molecule has 0 bridgehead atoms. The first kappa shape index (κ1) is 19.3. The molecule has 1 aromatic carbocycles. The van der Waals surface area contributed by atoms with Crippen molar-refractivity contribution in [2.45, 2.75) is 25.9 Å². The molecule has 1 aromatic heterocycles. The van der Waals surface area contributed by atoms with Crippen LogP contribution in [0.25, 0.3) is 0 Å². The first-order valence-electron chi connectivity index (χ1n) is 7.31. The summed E-state index contributed by atoms with van der Waals surface area (Å²) >= 11 is 5.61.